The molecule has 0 aliphatic heterocycles. The molecule has 31 heavy (non-hydrogen) atoms. The van der Waals surface area contributed by atoms with Crippen LogP contribution in [0.4, 0.5) is 16.5 Å². The van der Waals surface area contributed by atoms with Gasteiger partial charge in [-0.1, -0.05) is 40.8 Å². The Morgan fingerprint density at radius 3 is 2.77 bits per heavy atom. The molecule has 0 unspecified atom stereocenters. The van der Waals surface area contributed by atoms with Crippen LogP contribution in [0.15, 0.2) is 71.4 Å². The van der Waals surface area contributed by atoms with E-state index in [1.165, 1.54) is 28.9 Å². The van der Waals surface area contributed by atoms with Crippen LogP contribution in [0.25, 0.3) is 20.8 Å². The zero-order chi connectivity index (χ0) is 21.2. The van der Waals surface area contributed by atoms with E-state index in [1.54, 1.807) is 13.2 Å². The molecule has 9 heteroatoms. The van der Waals surface area contributed by atoms with Crippen LogP contribution in [0.1, 0.15) is 9.67 Å². The number of nitrogens with one attached hydrogen (secondary N) is 2. The summed E-state index contributed by atoms with van der Waals surface area (Å²) in [6.45, 7) is 0. The molecule has 5 aromatic rings. The maximum Gasteiger partial charge on any atom is 0.265 e. The van der Waals surface area contributed by atoms with Gasteiger partial charge in [-0.3, -0.25) is 4.79 Å². The molecule has 0 fully saturated rings. The van der Waals surface area contributed by atoms with Gasteiger partial charge in [0.2, 0.25) is 0 Å². The van der Waals surface area contributed by atoms with Crippen molar-refractivity contribution in [3.8, 4) is 17.0 Å². The summed E-state index contributed by atoms with van der Waals surface area (Å²) in [6, 6.07) is 18.8. The summed E-state index contributed by atoms with van der Waals surface area (Å²) in [5, 5.41) is 10.9. The standard InChI is InChI=1S/C22H16N4O3S2/c1-28-17-8-3-2-7-16(17)24-22-25-21-19(31-22)12-18(30-21)20(27)23-14-6-4-5-13(11-14)15-9-10-29-26-15/h2-12H,1H3,(H,23,27)(H,24,25). The molecular weight excluding hydrogens is 432 g/mol. The average Bonchev–Trinajstić information content (AvgIpc) is 3.51. The number of hydrogen-bond donors (Lipinski definition) is 2. The van der Waals surface area contributed by atoms with Gasteiger partial charge in [0.25, 0.3) is 5.91 Å². The number of ether oxygens (including phenoxy) is 1. The third-order valence-corrected chi connectivity index (χ3v) is 6.59. The lowest BCUT2D eigenvalue weighted by molar-refractivity contribution is 0.103. The third-order valence-electron chi connectivity index (χ3n) is 4.52. The second kappa shape index (κ2) is 8.21. The van der Waals surface area contributed by atoms with Crippen molar-refractivity contribution in [2.75, 3.05) is 17.7 Å². The molecule has 0 spiro atoms. The van der Waals surface area contributed by atoms with Crippen LogP contribution in [0.2, 0.25) is 0 Å². The molecule has 2 aromatic carbocycles. The summed E-state index contributed by atoms with van der Waals surface area (Å²) < 4.78 is 11.2. The number of anilines is 3. The zero-order valence-electron chi connectivity index (χ0n) is 16.3. The van der Waals surface area contributed by atoms with Gasteiger partial charge >= 0.3 is 0 Å². The Labute approximate surface area is 185 Å². The minimum Gasteiger partial charge on any atom is -0.495 e. The second-order valence-corrected chi connectivity index (χ2v) is 8.61. The fourth-order valence-electron chi connectivity index (χ4n) is 3.07. The van der Waals surface area contributed by atoms with Crippen molar-refractivity contribution >= 4 is 54.6 Å². The van der Waals surface area contributed by atoms with Crippen molar-refractivity contribution in [3.63, 3.8) is 0 Å². The summed E-state index contributed by atoms with van der Waals surface area (Å²) >= 11 is 2.85. The number of benzene rings is 2. The van der Waals surface area contributed by atoms with Gasteiger partial charge in [-0.05, 0) is 30.3 Å². The molecule has 0 aliphatic rings. The highest BCUT2D eigenvalue weighted by molar-refractivity contribution is 7.29. The Hall–Kier alpha value is -3.69. The van der Waals surface area contributed by atoms with Crippen LogP contribution in [-0.2, 0) is 0 Å². The number of methoxy groups -OCH3 is 1. The lowest BCUT2D eigenvalue weighted by Gasteiger charge is -2.07. The topological polar surface area (TPSA) is 89.3 Å². The highest BCUT2D eigenvalue weighted by atomic mass is 32.1. The number of hydrogen-bond acceptors (Lipinski definition) is 8. The molecule has 0 bridgehead atoms. The number of nitrogens with zero attached hydrogens (tertiary/aromatic N) is 2. The largest absolute Gasteiger partial charge is 0.495 e. The molecule has 0 atom stereocenters. The van der Waals surface area contributed by atoms with E-state index in [4.69, 9.17) is 9.26 Å². The fourth-order valence-corrected chi connectivity index (χ4v) is 5.10. The summed E-state index contributed by atoms with van der Waals surface area (Å²) in [5.74, 6) is 0.570. The van der Waals surface area contributed by atoms with E-state index in [0.29, 0.717) is 16.3 Å². The minimum atomic E-state index is -0.174. The van der Waals surface area contributed by atoms with Crippen LogP contribution in [0.3, 0.4) is 0 Å². The Morgan fingerprint density at radius 2 is 1.97 bits per heavy atom. The Bertz CT molecular complexity index is 1330. The lowest BCUT2D eigenvalue weighted by atomic mass is 10.1. The van der Waals surface area contributed by atoms with E-state index in [1.807, 2.05) is 54.6 Å². The average molecular weight is 449 g/mol. The number of carbonyl (C=O) groups excluding carboxylic acids is 1. The van der Waals surface area contributed by atoms with E-state index < -0.39 is 0 Å². The van der Waals surface area contributed by atoms with Crippen molar-refractivity contribution in [3.05, 3.63) is 71.8 Å². The van der Waals surface area contributed by atoms with Crippen LogP contribution >= 0.6 is 22.7 Å². The number of amides is 1. The van der Waals surface area contributed by atoms with Gasteiger partial charge < -0.3 is 19.9 Å². The van der Waals surface area contributed by atoms with Gasteiger partial charge in [-0.25, -0.2) is 4.98 Å². The number of thiazole rings is 1. The molecule has 0 aliphatic carbocycles. The number of carbonyl (C=O) groups is 1. The number of aromatic nitrogens is 2. The van der Waals surface area contributed by atoms with Gasteiger partial charge in [0.1, 0.15) is 22.5 Å². The normalized spacial score (nSPS) is 10.9. The number of para-hydroxylation sites is 2. The van der Waals surface area contributed by atoms with Crippen LogP contribution in [-0.4, -0.2) is 23.2 Å². The summed E-state index contributed by atoms with van der Waals surface area (Å²) in [5.41, 5.74) is 3.12. The quantitative estimate of drug-likeness (QED) is 0.330. The van der Waals surface area contributed by atoms with E-state index >= 15 is 0 Å². The highest BCUT2D eigenvalue weighted by Gasteiger charge is 2.15. The fraction of sp³-hybridized carbons (Fsp3) is 0.0455. The monoisotopic (exact) mass is 448 g/mol. The van der Waals surface area contributed by atoms with Crippen molar-refractivity contribution in [1.29, 1.82) is 0 Å². The third kappa shape index (κ3) is 4.00. The van der Waals surface area contributed by atoms with Crippen LogP contribution in [0, 0.1) is 0 Å². The number of thiophene rings is 1. The van der Waals surface area contributed by atoms with Crippen molar-refractivity contribution in [1.82, 2.24) is 10.1 Å². The minimum absolute atomic E-state index is 0.174. The Balaban J connectivity index is 1.32. The molecule has 2 N–H and O–H groups in total. The van der Waals surface area contributed by atoms with Crippen LogP contribution < -0.4 is 15.4 Å². The van der Waals surface area contributed by atoms with Crippen molar-refractivity contribution in [2.45, 2.75) is 0 Å². The highest BCUT2D eigenvalue weighted by Crippen LogP contribution is 2.36. The predicted octanol–water partition coefficient (Wildman–Crippen LogP) is 6.02. The van der Waals surface area contributed by atoms with Crippen LogP contribution in [0.5, 0.6) is 5.75 Å². The molecule has 0 saturated heterocycles. The maximum absolute atomic E-state index is 12.7. The summed E-state index contributed by atoms with van der Waals surface area (Å²) in [4.78, 5) is 18.8. The molecule has 3 aromatic heterocycles. The van der Waals surface area contributed by atoms with Gasteiger partial charge in [0.05, 0.1) is 22.4 Å². The first kappa shape index (κ1) is 19.3. The first-order valence-corrected chi connectivity index (χ1v) is 11.0. The molecular formula is C22H16N4O3S2. The van der Waals surface area contributed by atoms with Crippen molar-refractivity contribution in [2.24, 2.45) is 0 Å². The molecule has 7 nitrogen and oxygen atoms in total. The zero-order valence-corrected chi connectivity index (χ0v) is 17.9. The molecule has 154 valence electrons. The predicted molar refractivity (Wildman–Crippen MR) is 124 cm³/mol. The summed E-state index contributed by atoms with van der Waals surface area (Å²) in [6.07, 6.45) is 1.52. The first-order chi connectivity index (χ1) is 15.2. The van der Waals surface area contributed by atoms with Gasteiger partial charge in [0, 0.05) is 17.3 Å². The molecule has 0 radical (unpaired) electrons. The second-order valence-electron chi connectivity index (χ2n) is 6.54. The van der Waals surface area contributed by atoms with E-state index in [9.17, 15) is 4.79 Å². The van der Waals surface area contributed by atoms with Gasteiger partial charge in [-0.2, -0.15) is 0 Å². The van der Waals surface area contributed by atoms with Crippen molar-refractivity contribution < 1.29 is 14.1 Å². The Morgan fingerprint density at radius 1 is 1.06 bits per heavy atom. The number of rotatable bonds is 6. The van der Waals surface area contributed by atoms with Gasteiger partial charge in [0.15, 0.2) is 5.13 Å². The molecule has 1 amide bonds. The summed E-state index contributed by atoms with van der Waals surface area (Å²) in [7, 11) is 1.63. The lowest BCUT2D eigenvalue weighted by Crippen LogP contribution is -2.09. The molecule has 0 saturated carbocycles. The van der Waals surface area contributed by atoms with Gasteiger partial charge in [-0.15, -0.1) is 11.3 Å². The molecule has 5 rings (SSSR count). The van der Waals surface area contributed by atoms with E-state index in [-0.39, 0.29) is 5.91 Å². The molecule has 3 heterocycles. The number of fused-ring (bicyclic) bond motifs is 1. The van der Waals surface area contributed by atoms with E-state index in [2.05, 4.69) is 20.8 Å². The Kier molecular flexibility index (Phi) is 5.11. The SMILES string of the molecule is COc1ccccc1Nc1nc2sc(C(=O)Nc3cccc(-c4ccon4)c3)cc2s1. The first-order valence-electron chi connectivity index (χ1n) is 9.32. The smallest absolute Gasteiger partial charge is 0.265 e. The maximum atomic E-state index is 12.7. The van der Waals surface area contributed by atoms with E-state index in [0.717, 1.165) is 31.7 Å².